The van der Waals surface area contributed by atoms with E-state index in [9.17, 15) is 16.8 Å². The van der Waals surface area contributed by atoms with E-state index in [2.05, 4.69) is 4.72 Å². The third kappa shape index (κ3) is 5.20. The van der Waals surface area contributed by atoms with Gasteiger partial charge in [-0.15, -0.1) is 0 Å². The number of benzene rings is 1. The fraction of sp³-hybridized carbons (Fsp3) is 0.500. The largest absolute Gasteiger partial charge is 0.326 e. The Balaban J connectivity index is 2.72. The molecule has 0 spiro atoms. The van der Waals surface area contributed by atoms with Gasteiger partial charge in [0.1, 0.15) is 9.84 Å². The molecule has 0 saturated heterocycles. The van der Waals surface area contributed by atoms with Gasteiger partial charge in [0.2, 0.25) is 10.0 Å². The molecule has 0 heterocycles. The summed E-state index contributed by atoms with van der Waals surface area (Å²) in [4.78, 5) is 0.159. The molecule has 1 aromatic rings. The van der Waals surface area contributed by atoms with E-state index in [1.807, 2.05) is 0 Å². The summed E-state index contributed by atoms with van der Waals surface area (Å²) in [6, 6.07) is 4.73. The molecule has 114 valence electrons. The molecular weight excluding hydrogens is 300 g/mol. The van der Waals surface area contributed by atoms with Crippen LogP contribution in [0.3, 0.4) is 0 Å². The van der Waals surface area contributed by atoms with Crippen molar-refractivity contribution < 1.29 is 16.8 Å². The molecule has 0 aliphatic carbocycles. The van der Waals surface area contributed by atoms with Crippen molar-refractivity contribution in [3.05, 3.63) is 29.3 Å². The molecule has 0 amide bonds. The molecule has 0 fully saturated rings. The zero-order valence-corrected chi connectivity index (χ0v) is 13.2. The first-order valence-electron chi connectivity index (χ1n) is 6.13. The predicted octanol–water partition coefficient (Wildman–Crippen LogP) is 0.167. The number of nitrogens with two attached hydrogens (primary N) is 1. The smallest absolute Gasteiger partial charge is 0.240 e. The fourth-order valence-electron chi connectivity index (χ4n) is 1.69. The Labute approximate surface area is 120 Å². The van der Waals surface area contributed by atoms with E-state index in [0.29, 0.717) is 6.54 Å². The Kier molecular flexibility index (Phi) is 5.69. The average molecular weight is 320 g/mol. The molecule has 0 aromatic heterocycles. The van der Waals surface area contributed by atoms with Crippen LogP contribution in [-0.4, -0.2) is 35.4 Å². The topological polar surface area (TPSA) is 106 Å². The second-order valence-corrected chi connectivity index (χ2v) is 8.70. The normalized spacial score (nSPS) is 12.6. The van der Waals surface area contributed by atoms with Gasteiger partial charge in [-0.25, -0.2) is 21.6 Å². The molecule has 1 rings (SSSR count). The number of sulfone groups is 1. The SMILES string of the molecule is Cc1cc(S(=O)(=O)NCCCS(C)(=O)=O)ccc1CN. The van der Waals surface area contributed by atoms with E-state index in [0.717, 1.165) is 17.4 Å². The lowest BCUT2D eigenvalue weighted by atomic mass is 10.1. The Morgan fingerprint density at radius 1 is 1.20 bits per heavy atom. The molecular formula is C12H20N2O4S2. The lowest BCUT2D eigenvalue weighted by Gasteiger charge is -2.09. The first kappa shape index (κ1) is 17.1. The van der Waals surface area contributed by atoms with Crippen LogP contribution in [0.25, 0.3) is 0 Å². The van der Waals surface area contributed by atoms with Gasteiger partial charge in [0.25, 0.3) is 0 Å². The number of hydrogen-bond acceptors (Lipinski definition) is 5. The van der Waals surface area contributed by atoms with Crippen LogP contribution in [-0.2, 0) is 26.4 Å². The maximum Gasteiger partial charge on any atom is 0.240 e. The highest BCUT2D eigenvalue weighted by Crippen LogP contribution is 2.15. The van der Waals surface area contributed by atoms with Crippen molar-refractivity contribution in [2.75, 3.05) is 18.6 Å². The van der Waals surface area contributed by atoms with Gasteiger partial charge in [-0.05, 0) is 36.6 Å². The molecule has 0 aliphatic rings. The van der Waals surface area contributed by atoms with Gasteiger partial charge in [-0.1, -0.05) is 6.07 Å². The molecule has 0 bridgehead atoms. The van der Waals surface area contributed by atoms with Crippen LogP contribution < -0.4 is 10.5 Å². The first-order valence-corrected chi connectivity index (χ1v) is 9.67. The summed E-state index contributed by atoms with van der Waals surface area (Å²) < 4.78 is 48.3. The van der Waals surface area contributed by atoms with Crippen LogP contribution in [0.15, 0.2) is 23.1 Å². The van der Waals surface area contributed by atoms with Crippen LogP contribution in [0.4, 0.5) is 0 Å². The molecule has 20 heavy (non-hydrogen) atoms. The monoisotopic (exact) mass is 320 g/mol. The number of rotatable bonds is 7. The maximum atomic E-state index is 12.0. The molecule has 0 radical (unpaired) electrons. The van der Waals surface area contributed by atoms with Crippen molar-refractivity contribution in [3.63, 3.8) is 0 Å². The van der Waals surface area contributed by atoms with Crippen LogP contribution in [0.1, 0.15) is 17.5 Å². The van der Waals surface area contributed by atoms with Crippen LogP contribution in [0, 0.1) is 6.92 Å². The number of hydrogen-bond donors (Lipinski definition) is 2. The van der Waals surface area contributed by atoms with Crippen molar-refractivity contribution >= 4 is 19.9 Å². The Hall–Kier alpha value is -0.960. The number of sulfonamides is 1. The van der Waals surface area contributed by atoms with Crippen LogP contribution >= 0.6 is 0 Å². The summed E-state index contributed by atoms with van der Waals surface area (Å²) in [5, 5.41) is 0. The summed E-state index contributed by atoms with van der Waals surface area (Å²) in [6.45, 7) is 2.24. The molecule has 1 aromatic carbocycles. The summed E-state index contributed by atoms with van der Waals surface area (Å²) in [5.41, 5.74) is 7.23. The highest BCUT2D eigenvalue weighted by Gasteiger charge is 2.14. The van der Waals surface area contributed by atoms with Gasteiger partial charge in [0.15, 0.2) is 0 Å². The van der Waals surface area contributed by atoms with E-state index in [1.54, 1.807) is 19.1 Å². The molecule has 0 saturated carbocycles. The average Bonchev–Trinajstić information content (AvgIpc) is 2.33. The van der Waals surface area contributed by atoms with Gasteiger partial charge < -0.3 is 5.73 Å². The van der Waals surface area contributed by atoms with E-state index in [4.69, 9.17) is 5.73 Å². The zero-order valence-electron chi connectivity index (χ0n) is 11.6. The maximum absolute atomic E-state index is 12.0. The third-order valence-corrected chi connectivity index (χ3v) is 5.32. The predicted molar refractivity (Wildman–Crippen MR) is 78.6 cm³/mol. The number of aryl methyl sites for hydroxylation is 1. The van der Waals surface area contributed by atoms with Crippen molar-refractivity contribution in [3.8, 4) is 0 Å². The van der Waals surface area contributed by atoms with Gasteiger partial charge >= 0.3 is 0 Å². The van der Waals surface area contributed by atoms with Crippen molar-refractivity contribution in [2.45, 2.75) is 24.8 Å². The highest BCUT2D eigenvalue weighted by atomic mass is 32.2. The molecule has 0 aliphatic heterocycles. The second kappa shape index (κ2) is 6.66. The van der Waals surface area contributed by atoms with Crippen LogP contribution in [0.2, 0.25) is 0 Å². The zero-order chi connectivity index (χ0) is 15.4. The Bertz CT molecular complexity index is 667. The van der Waals surface area contributed by atoms with Crippen LogP contribution in [0.5, 0.6) is 0 Å². The van der Waals surface area contributed by atoms with Gasteiger partial charge in [0.05, 0.1) is 10.6 Å². The lowest BCUT2D eigenvalue weighted by molar-refractivity contribution is 0.577. The quantitative estimate of drug-likeness (QED) is 0.696. The minimum Gasteiger partial charge on any atom is -0.326 e. The second-order valence-electron chi connectivity index (χ2n) is 4.67. The third-order valence-electron chi connectivity index (χ3n) is 2.83. The van der Waals surface area contributed by atoms with E-state index in [-0.39, 0.29) is 23.6 Å². The van der Waals surface area contributed by atoms with E-state index >= 15 is 0 Å². The van der Waals surface area contributed by atoms with Crippen molar-refractivity contribution in [1.29, 1.82) is 0 Å². The van der Waals surface area contributed by atoms with Gasteiger partial charge in [-0.2, -0.15) is 0 Å². The Morgan fingerprint density at radius 2 is 1.85 bits per heavy atom. The Morgan fingerprint density at radius 3 is 2.35 bits per heavy atom. The molecule has 0 atom stereocenters. The highest BCUT2D eigenvalue weighted by molar-refractivity contribution is 7.90. The molecule has 3 N–H and O–H groups in total. The van der Waals surface area contributed by atoms with Crippen molar-refractivity contribution in [1.82, 2.24) is 4.72 Å². The minimum atomic E-state index is -3.61. The summed E-state index contributed by atoms with van der Waals surface area (Å²) in [5.74, 6) is -0.0410. The summed E-state index contributed by atoms with van der Waals surface area (Å²) >= 11 is 0. The molecule has 0 unspecified atom stereocenters. The lowest BCUT2D eigenvalue weighted by Crippen LogP contribution is -2.26. The van der Waals surface area contributed by atoms with Gasteiger partial charge in [0, 0.05) is 19.3 Å². The summed E-state index contributed by atoms with van der Waals surface area (Å²) in [6.07, 6.45) is 1.37. The van der Waals surface area contributed by atoms with Crippen molar-refractivity contribution in [2.24, 2.45) is 5.73 Å². The molecule has 6 nitrogen and oxygen atoms in total. The minimum absolute atomic E-state index is 0.0410. The number of nitrogens with one attached hydrogen (secondary N) is 1. The standard InChI is InChI=1S/C12H20N2O4S2/c1-10-8-12(5-4-11(10)9-13)20(17,18)14-6-3-7-19(2,15)16/h4-5,8,14H,3,6-7,9,13H2,1-2H3. The van der Waals surface area contributed by atoms with E-state index in [1.165, 1.54) is 6.07 Å². The van der Waals surface area contributed by atoms with E-state index < -0.39 is 19.9 Å². The van der Waals surface area contributed by atoms with Gasteiger partial charge in [-0.3, -0.25) is 0 Å². The fourth-order valence-corrected chi connectivity index (χ4v) is 3.52. The molecule has 8 heteroatoms. The summed E-state index contributed by atoms with van der Waals surface area (Å²) in [7, 11) is -6.68. The first-order chi connectivity index (χ1) is 9.15.